The van der Waals surface area contributed by atoms with Crippen molar-refractivity contribution in [2.45, 2.75) is 0 Å². The second-order valence-electron chi connectivity index (χ2n) is 1.75. The Balaban J connectivity index is 2.79. The zero-order valence-corrected chi connectivity index (χ0v) is 6.43. The maximum absolute atomic E-state index is 4.89. The van der Waals surface area contributed by atoms with Crippen LogP contribution in [0.15, 0.2) is 37.9 Å². The lowest BCUT2D eigenvalue weighted by Crippen LogP contribution is -1.92. The average molecular weight is 164 g/mol. The summed E-state index contributed by atoms with van der Waals surface area (Å²) in [5.74, 6) is 0.386. The van der Waals surface area contributed by atoms with E-state index in [4.69, 9.17) is 9.47 Å². The zero-order valence-electron chi connectivity index (χ0n) is 6.43. The second-order valence-corrected chi connectivity index (χ2v) is 1.75. The molecule has 0 aliphatic heterocycles. The molecule has 0 N–H and O–H groups in total. The number of nitrogens with zero attached hydrogens (tertiary/aromatic N) is 2. The molecule has 0 atom stereocenters. The van der Waals surface area contributed by atoms with Gasteiger partial charge >= 0.3 is 6.01 Å². The smallest absolute Gasteiger partial charge is 0.324 e. The highest BCUT2D eigenvalue weighted by Crippen LogP contribution is 2.09. The predicted octanol–water partition coefficient (Wildman–Crippen LogP) is 1.52. The van der Waals surface area contributed by atoms with E-state index in [1.54, 1.807) is 6.07 Å². The van der Waals surface area contributed by atoms with Crippen molar-refractivity contribution in [3.63, 3.8) is 0 Å². The summed E-state index contributed by atoms with van der Waals surface area (Å²) in [4.78, 5) is 7.65. The molecular formula is C8H8N2O2. The Labute approximate surface area is 70.2 Å². The molecule has 0 bridgehead atoms. The Kier molecular flexibility index (Phi) is 2.84. The van der Waals surface area contributed by atoms with E-state index in [2.05, 4.69) is 23.1 Å². The molecule has 0 fully saturated rings. The molecule has 0 spiro atoms. The molecule has 4 heteroatoms. The van der Waals surface area contributed by atoms with Crippen molar-refractivity contribution in [2.75, 3.05) is 0 Å². The van der Waals surface area contributed by atoms with Crippen molar-refractivity contribution in [1.82, 2.24) is 9.97 Å². The summed E-state index contributed by atoms with van der Waals surface area (Å²) in [5.41, 5.74) is 0. The van der Waals surface area contributed by atoms with Gasteiger partial charge in [-0.15, -0.1) is 0 Å². The molecule has 62 valence electrons. The van der Waals surface area contributed by atoms with Crippen LogP contribution in [-0.4, -0.2) is 9.97 Å². The Morgan fingerprint density at radius 2 is 2.00 bits per heavy atom. The highest BCUT2D eigenvalue weighted by atomic mass is 16.5. The number of hydrogen-bond donors (Lipinski definition) is 0. The van der Waals surface area contributed by atoms with Crippen LogP contribution < -0.4 is 9.47 Å². The molecule has 0 aliphatic rings. The summed E-state index contributed by atoms with van der Waals surface area (Å²) < 4.78 is 9.71. The van der Waals surface area contributed by atoms with Crippen LogP contribution in [-0.2, 0) is 0 Å². The molecule has 1 rings (SSSR count). The molecule has 4 nitrogen and oxygen atoms in total. The fourth-order valence-electron chi connectivity index (χ4n) is 0.608. The van der Waals surface area contributed by atoms with Gasteiger partial charge in [-0.05, 0) is 0 Å². The second kappa shape index (κ2) is 4.12. The van der Waals surface area contributed by atoms with Gasteiger partial charge in [-0.1, -0.05) is 13.2 Å². The van der Waals surface area contributed by atoms with Crippen molar-refractivity contribution < 1.29 is 9.47 Å². The van der Waals surface area contributed by atoms with E-state index in [-0.39, 0.29) is 6.01 Å². The van der Waals surface area contributed by atoms with Crippen LogP contribution in [0.25, 0.3) is 0 Å². The van der Waals surface area contributed by atoms with Gasteiger partial charge < -0.3 is 9.47 Å². The standard InChI is InChI=1S/C8H8N2O2/c1-3-11-7-5-6-9-8(10-7)12-4-2/h3-6H,1-2H2. The van der Waals surface area contributed by atoms with Crippen LogP contribution in [0.4, 0.5) is 0 Å². The molecule has 0 radical (unpaired) electrons. The van der Waals surface area contributed by atoms with Gasteiger partial charge in [0, 0.05) is 12.3 Å². The quantitative estimate of drug-likeness (QED) is 0.633. The minimum absolute atomic E-state index is 0.198. The van der Waals surface area contributed by atoms with Crippen molar-refractivity contribution in [3.8, 4) is 11.9 Å². The molecule has 1 aromatic heterocycles. The maximum Gasteiger partial charge on any atom is 0.324 e. The third-order valence-corrected chi connectivity index (χ3v) is 1.00. The summed E-state index contributed by atoms with van der Waals surface area (Å²) in [6, 6.07) is 1.79. The van der Waals surface area contributed by atoms with Gasteiger partial charge in [0.15, 0.2) is 0 Å². The van der Waals surface area contributed by atoms with Gasteiger partial charge in [0.05, 0.1) is 12.5 Å². The molecule has 0 saturated heterocycles. The normalized spacial score (nSPS) is 8.67. The van der Waals surface area contributed by atoms with Gasteiger partial charge in [0.1, 0.15) is 0 Å². The van der Waals surface area contributed by atoms with Crippen LogP contribution >= 0.6 is 0 Å². The first kappa shape index (κ1) is 8.26. The monoisotopic (exact) mass is 164 g/mol. The SMILES string of the molecule is C=COc1ccnc(OC=C)n1. The van der Waals surface area contributed by atoms with Crippen LogP contribution in [0.1, 0.15) is 0 Å². The Morgan fingerprint density at radius 3 is 2.67 bits per heavy atom. The molecule has 0 aliphatic carbocycles. The predicted molar refractivity (Wildman–Crippen MR) is 43.7 cm³/mol. The molecule has 0 aromatic carbocycles. The van der Waals surface area contributed by atoms with E-state index in [9.17, 15) is 0 Å². The van der Waals surface area contributed by atoms with Gasteiger partial charge in [0.25, 0.3) is 0 Å². The number of hydrogen-bond acceptors (Lipinski definition) is 4. The molecular weight excluding hydrogens is 156 g/mol. The lowest BCUT2D eigenvalue weighted by Gasteiger charge is -1.99. The minimum atomic E-state index is 0.198. The first-order valence-electron chi connectivity index (χ1n) is 3.25. The molecule has 12 heavy (non-hydrogen) atoms. The van der Waals surface area contributed by atoms with Crippen molar-refractivity contribution in [1.29, 1.82) is 0 Å². The van der Waals surface area contributed by atoms with Crippen molar-refractivity contribution >= 4 is 0 Å². The third-order valence-electron chi connectivity index (χ3n) is 1.00. The summed E-state index contributed by atoms with van der Waals surface area (Å²) in [5, 5.41) is 0. The molecule has 1 heterocycles. The summed E-state index contributed by atoms with van der Waals surface area (Å²) >= 11 is 0. The van der Waals surface area contributed by atoms with Gasteiger partial charge in [-0.3, -0.25) is 0 Å². The highest BCUT2D eigenvalue weighted by Gasteiger charge is 1.97. The topological polar surface area (TPSA) is 44.2 Å². The van der Waals surface area contributed by atoms with Crippen LogP contribution in [0.3, 0.4) is 0 Å². The Morgan fingerprint density at radius 1 is 1.25 bits per heavy atom. The molecule has 0 amide bonds. The lowest BCUT2D eigenvalue weighted by atomic mass is 10.6. The van der Waals surface area contributed by atoms with E-state index in [0.717, 1.165) is 0 Å². The van der Waals surface area contributed by atoms with Crippen molar-refractivity contribution in [3.05, 3.63) is 37.9 Å². The minimum Gasteiger partial charge on any atom is -0.447 e. The van der Waals surface area contributed by atoms with Gasteiger partial charge in [0.2, 0.25) is 5.88 Å². The maximum atomic E-state index is 4.89. The van der Waals surface area contributed by atoms with Crippen LogP contribution in [0.2, 0.25) is 0 Å². The number of rotatable bonds is 4. The first-order chi connectivity index (χ1) is 5.86. The van der Waals surface area contributed by atoms with Crippen LogP contribution in [0.5, 0.6) is 11.9 Å². The number of aromatic nitrogens is 2. The summed E-state index contributed by atoms with van der Waals surface area (Å²) in [6.07, 6.45) is 4.04. The Hall–Kier alpha value is -1.84. The summed E-state index contributed by atoms with van der Waals surface area (Å²) in [7, 11) is 0. The zero-order chi connectivity index (χ0) is 8.81. The van der Waals surface area contributed by atoms with Crippen LogP contribution in [0, 0.1) is 0 Å². The number of ether oxygens (including phenoxy) is 2. The largest absolute Gasteiger partial charge is 0.447 e. The van der Waals surface area contributed by atoms with Gasteiger partial charge in [-0.25, -0.2) is 4.98 Å². The highest BCUT2D eigenvalue weighted by molar-refractivity contribution is 5.12. The molecule has 1 aromatic rings. The van der Waals surface area contributed by atoms with E-state index in [1.807, 2.05) is 0 Å². The van der Waals surface area contributed by atoms with E-state index in [1.165, 1.54) is 18.7 Å². The Bertz CT molecular complexity index is 261. The van der Waals surface area contributed by atoms with E-state index in [0.29, 0.717) is 5.88 Å². The molecule has 0 saturated carbocycles. The fraction of sp³-hybridized carbons (Fsp3) is 0. The average Bonchev–Trinajstić information content (AvgIpc) is 2.06. The third kappa shape index (κ3) is 2.09. The van der Waals surface area contributed by atoms with Crippen molar-refractivity contribution in [2.24, 2.45) is 0 Å². The molecule has 0 unspecified atom stereocenters. The lowest BCUT2D eigenvalue weighted by molar-refractivity contribution is 0.411. The fourth-order valence-corrected chi connectivity index (χ4v) is 0.608. The first-order valence-corrected chi connectivity index (χ1v) is 3.25. The summed E-state index contributed by atoms with van der Waals surface area (Å²) in [6.45, 7) is 6.76. The van der Waals surface area contributed by atoms with E-state index >= 15 is 0 Å². The van der Waals surface area contributed by atoms with E-state index < -0.39 is 0 Å². The van der Waals surface area contributed by atoms with Gasteiger partial charge in [-0.2, -0.15) is 4.98 Å².